The molecule has 104 valence electrons. The number of rotatable bonds is 4. The van der Waals surface area contributed by atoms with Gasteiger partial charge in [0.25, 0.3) is 5.91 Å². The molecule has 0 heterocycles. The lowest BCUT2D eigenvalue weighted by atomic mass is 9.83. The second-order valence-electron chi connectivity index (χ2n) is 4.83. The van der Waals surface area contributed by atoms with Crippen LogP contribution in [0.5, 0.6) is 0 Å². The second-order valence-corrected chi connectivity index (χ2v) is 5.21. The van der Waals surface area contributed by atoms with E-state index in [2.05, 4.69) is 5.32 Å². The molecular formula is C14H19ClN2O2. The number of nitrogens with two attached hydrogens (primary N) is 1. The highest BCUT2D eigenvalue weighted by Crippen LogP contribution is 2.25. The van der Waals surface area contributed by atoms with Crippen LogP contribution < -0.4 is 11.1 Å². The zero-order valence-corrected chi connectivity index (χ0v) is 11.9. The summed E-state index contributed by atoms with van der Waals surface area (Å²) in [7, 11) is 0. The van der Waals surface area contributed by atoms with Crippen molar-refractivity contribution in [3.8, 4) is 0 Å². The van der Waals surface area contributed by atoms with Crippen molar-refractivity contribution in [2.75, 3.05) is 6.61 Å². The van der Waals surface area contributed by atoms with Gasteiger partial charge in [0, 0.05) is 12.6 Å². The number of hydrogen-bond donors (Lipinski definition) is 2. The molecule has 1 fully saturated rings. The van der Waals surface area contributed by atoms with Crippen LogP contribution in [0.15, 0.2) is 18.2 Å². The normalized spacial score (nSPS) is 25.8. The van der Waals surface area contributed by atoms with Crippen molar-refractivity contribution in [1.29, 1.82) is 0 Å². The Morgan fingerprint density at radius 1 is 1.58 bits per heavy atom. The number of carbonyl (C=O) groups excluding carboxylic acids is 1. The van der Waals surface area contributed by atoms with Gasteiger partial charge in [-0.25, -0.2) is 0 Å². The molecule has 3 N–H and O–H groups in total. The van der Waals surface area contributed by atoms with Gasteiger partial charge in [0.2, 0.25) is 0 Å². The third-order valence-electron chi connectivity index (χ3n) is 3.48. The van der Waals surface area contributed by atoms with Gasteiger partial charge in [0.15, 0.2) is 0 Å². The molecule has 1 aliphatic carbocycles. The summed E-state index contributed by atoms with van der Waals surface area (Å²) in [5.41, 5.74) is 7.28. The second kappa shape index (κ2) is 5.90. The average Bonchev–Trinajstić information content (AvgIpc) is 2.39. The number of nitrogens with one attached hydrogen (secondary N) is 1. The Balaban J connectivity index is 2.06. The van der Waals surface area contributed by atoms with Crippen molar-refractivity contribution in [3.05, 3.63) is 34.3 Å². The van der Waals surface area contributed by atoms with Crippen LogP contribution in [0.1, 0.15) is 29.3 Å². The van der Waals surface area contributed by atoms with E-state index < -0.39 is 0 Å². The first-order valence-corrected chi connectivity index (χ1v) is 6.85. The first-order valence-electron chi connectivity index (χ1n) is 6.47. The van der Waals surface area contributed by atoms with Gasteiger partial charge in [-0.1, -0.05) is 23.7 Å². The van der Waals surface area contributed by atoms with Crippen molar-refractivity contribution in [2.24, 2.45) is 5.73 Å². The Hall–Kier alpha value is -1.10. The Labute approximate surface area is 118 Å². The van der Waals surface area contributed by atoms with Gasteiger partial charge in [-0.05, 0) is 31.9 Å². The molecular weight excluding hydrogens is 264 g/mol. The molecule has 2 rings (SSSR count). The fourth-order valence-corrected chi connectivity index (χ4v) is 2.49. The molecule has 3 unspecified atom stereocenters. The molecule has 0 bridgehead atoms. The zero-order chi connectivity index (χ0) is 14.0. The van der Waals surface area contributed by atoms with Crippen molar-refractivity contribution in [2.45, 2.75) is 38.5 Å². The highest BCUT2D eigenvalue weighted by Gasteiger charge is 2.40. The zero-order valence-electron chi connectivity index (χ0n) is 11.2. The Kier molecular flexibility index (Phi) is 4.45. The molecule has 1 saturated carbocycles. The van der Waals surface area contributed by atoms with Gasteiger partial charge in [0.1, 0.15) is 0 Å². The number of carbonyl (C=O) groups is 1. The molecule has 19 heavy (non-hydrogen) atoms. The Morgan fingerprint density at radius 2 is 2.32 bits per heavy atom. The van der Waals surface area contributed by atoms with Crippen LogP contribution in [0.4, 0.5) is 0 Å². The predicted molar refractivity (Wildman–Crippen MR) is 75.4 cm³/mol. The molecule has 1 aromatic rings. The average molecular weight is 283 g/mol. The maximum Gasteiger partial charge on any atom is 0.253 e. The van der Waals surface area contributed by atoms with Crippen LogP contribution in [0, 0.1) is 6.92 Å². The van der Waals surface area contributed by atoms with Crippen LogP contribution in [-0.2, 0) is 4.74 Å². The maximum absolute atomic E-state index is 12.2. The lowest BCUT2D eigenvalue weighted by Gasteiger charge is -2.42. The molecule has 1 amide bonds. The molecule has 1 aliphatic rings. The van der Waals surface area contributed by atoms with Crippen molar-refractivity contribution >= 4 is 17.5 Å². The molecule has 0 spiro atoms. The summed E-state index contributed by atoms with van der Waals surface area (Å²) in [6, 6.07) is 5.21. The van der Waals surface area contributed by atoms with Crippen LogP contribution in [0.25, 0.3) is 0 Å². The van der Waals surface area contributed by atoms with Crippen LogP contribution in [0.3, 0.4) is 0 Å². The molecule has 1 aromatic carbocycles. The Bertz CT molecular complexity index is 477. The minimum absolute atomic E-state index is 0.00698. The fourth-order valence-electron chi connectivity index (χ4n) is 2.28. The van der Waals surface area contributed by atoms with E-state index in [4.69, 9.17) is 22.1 Å². The summed E-state index contributed by atoms with van der Waals surface area (Å²) in [6.45, 7) is 4.42. The van der Waals surface area contributed by atoms with Crippen molar-refractivity contribution in [3.63, 3.8) is 0 Å². The number of halogens is 1. The summed E-state index contributed by atoms with van der Waals surface area (Å²) in [5, 5.41) is 3.40. The van der Waals surface area contributed by atoms with E-state index in [9.17, 15) is 4.79 Å². The van der Waals surface area contributed by atoms with Crippen molar-refractivity contribution in [1.82, 2.24) is 5.32 Å². The SMILES string of the molecule is CCOC1CC(N)C1NC(=O)c1cccc(C)c1Cl. The molecule has 0 aromatic heterocycles. The lowest BCUT2D eigenvalue weighted by Crippen LogP contribution is -2.64. The van der Waals surface area contributed by atoms with Crippen LogP contribution in [0.2, 0.25) is 5.02 Å². The fraction of sp³-hybridized carbons (Fsp3) is 0.500. The van der Waals surface area contributed by atoms with E-state index in [-0.39, 0.29) is 24.1 Å². The molecule has 0 aliphatic heterocycles. The molecule has 5 heteroatoms. The first kappa shape index (κ1) is 14.3. The van der Waals surface area contributed by atoms with Crippen molar-refractivity contribution < 1.29 is 9.53 Å². The predicted octanol–water partition coefficient (Wildman–Crippen LogP) is 1.88. The summed E-state index contributed by atoms with van der Waals surface area (Å²) in [5.74, 6) is -0.196. The van der Waals surface area contributed by atoms with Gasteiger partial charge >= 0.3 is 0 Å². The van der Waals surface area contributed by atoms with E-state index in [0.29, 0.717) is 17.2 Å². The minimum atomic E-state index is -0.196. The monoisotopic (exact) mass is 282 g/mol. The summed E-state index contributed by atoms with van der Waals surface area (Å²) in [6.07, 6.45) is 0.785. The topological polar surface area (TPSA) is 64.3 Å². The quantitative estimate of drug-likeness (QED) is 0.886. The summed E-state index contributed by atoms with van der Waals surface area (Å²) < 4.78 is 5.52. The van der Waals surface area contributed by atoms with E-state index in [1.54, 1.807) is 6.07 Å². The highest BCUT2D eigenvalue weighted by molar-refractivity contribution is 6.34. The van der Waals surface area contributed by atoms with Gasteiger partial charge in [-0.3, -0.25) is 4.79 Å². The molecule has 0 saturated heterocycles. The first-order chi connectivity index (χ1) is 9.04. The molecule has 3 atom stereocenters. The lowest BCUT2D eigenvalue weighted by molar-refractivity contribution is -0.0300. The molecule has 0 radical (unpaired) electrons. The number of amides is 1. The number of benzene rings is 1. The van der Waals surface area contributed by atoms with E-state index in [1.807, 2.05) is 26.0 Å². The standard InChI is InChI=1S/C14H19ClN2O2/c1-3-19-11-7-10(16)13(11)17-14(18)9-6-4-5-8(2)12(9)15/h4-6,10-11,13H,3,7,16H2,1-2H3,(H,17,18). The minimum Gasteiger partial charge on any atom is -0.376 e. The largest absolute Gasteiger partial charge is 0.376 e. The number of hydrogen-bond acceptors (Lipinski definition) is 3. The Morgan fingerprint density at radius 3 is 2.95 bits per heavy atom. The summed E-state index contributed by atoms with van der Waals surface area (Å²) >= 11 is 6.14. The van der Waals surface area contributed by atoms with Gasteiger partial charge in [-0.15, -0.1) is 0 Å². The number of aryl methyl sites for hydroxylation is 1. The smallest absolute Gasteiger partial charge is 0.253 e. The van der Waals surface area contributed by atoms with E-state index in [0.717, 1.165) is 12.0 Å². The van der Waals surface area contributed by atoms with E-state index >= 15 is 0 Å². The van der Waals surface area contributed by atoms with Crippen LogP contribution in [-0.4, -0.2) is 30.7 Å². The molecule has 4 nitrogen and oxygen atoms in total. The van der Waals surface area contributed by atoms with Gasteiger partial charge in [-0.2, -0.15) is 0 Å². The third kappa shape index (κ3) is 2.91. The summed E-state index contributed by atoms with van der Waals surface area (Å²) in [4.78, 5) is 12.2. The van der Waals surface area contributed by atoms with Gasteiger partial charge in [0.05, 0.1) is 22.7 Å². The van der Waals surface area contributed by atoms with Crippen LogP contribution >= 0.6 is 11.6 Å². The highest BCUT2D eigenvalue weighted by atomic mass is 35.5. The van der Waals surface area contributed by atoms with Gasteiger partial charge < -0.3 is 15.8 Å². The number of ether oxygens (including phenoxy) is 1. The third-order valence-corrected chi connectivity index (χ3v) is 3.98. The maximum atomic E-state index is 12.2. The van der Waals surface area contributed by atoms with E-state index in [1.165, 1.54) is 0 Å².